The quantitative estimate of drug-likeness (QED) is 0.457. The van der Waals surface area contributed by atoms with Gasteiger partial charge in [-0.1, -0.05) is 33.6 Å². The van der Waals surface area contributed by atoms with Gasteiger partial charge >= 0.3 is 0 Å². The van der Waals surface area contributed by atoms with Crippen molar-refractivity contribution in [2.45, 2.75) is 103 Å². The van der Waals surface area contributed by atoms with Crippen molar-refractivity contribution in [2.24, 2.45) is 29.6 Å². The fourth-order valence-corrected chi connectivity index (χ4v) is 6.09. The number of hydrogen-bond donors (Lipinski definition) is 0. The Bertz CT molecular complexity index is 371. The van der Waals surface area contributed by atoms with E-state index in [1.165, 1.54) is 25.7 Å². The van der Waals surface area contributed by atoms with E-state index in [0.717, 1.165) is 18.8 Å². The second-order valence-electron chi connectivity index (χ2n) is 8.63. The Balaban J connectivity index is 0.00000109. The van der Waals surface area contributed by atoms with Gasteiger partial charge in [-0.2, -0.15) is 0 Å². The van der Waals surface area contributed by atoms with Crippen molar-refractivity contribution in [3.63, 3.8) is 0 Å². The first kappa shape index (κ1) is 21.5. The fourth-order valence-electron chi connectivity index (χ4n) is 5.50. The lowest BCUT2D eigenvalue weighted by Crippen LogP contribution is -2.43. The Labute approximate surface area is 155 Å². The second kappa shape index (κ2) is 9.95. The lowest BCUT2D eigenvalue weighted by atomic mass is 9.65. The molecule has 0 bridgehead atoms. The first-order valence-electron chi connectivity index (χ1n) is 10.6. The molecule has 0 nitrogen and oxygen atoms in total. The van der Waals surface area contributed by atoms with Crippen LogP contribution in [-0.4, -0.2) is 24.2 Å². The van der Waals surface area contributed by atoms with Crippen LogP contribution in [0.4, 0.5) is 13.2 Å². The summed E-state index contributed by atoms with van der Waals surface area (Å²) in [6.45, 7) is 6.32. The van der Waals surface area contributed by atoms with Gasteiger partial charge in [0, 0.05) is 5.66 Å². The number of rotatable bonds is 2. The first-order chi connectivity index (χ1) is 12.0. The van der Waals surface area contributed by atoms with Crippen LogP contribution in [0.15, 0.2) is 0 Å². The van der Waals surface area contributed by atoms with Gasteiger partial charge in [0.25, 0.3) is 0 Å². The van der Waals surface area contributed by atoms with Crippen molar-refractivity contribution in [3.05, 3.63) is 0 Å². The summed E-state index contributed by atoms with van der Waals surface area (Å²) in [4.78, 5) is 0. The van der Waals surface area contributed by atoms with E-state index in [2.05, 4.69) is 16.2 Å². The van der Waals surface area contributed by atoms with Crippen LogP contribution in [0, 0.1) is 29.6 Å². The highest BCUT2D eigenvalue weighted by atomic mass is 31.0. The maximum absolute atomic E-state index is 14.8. The van der Waals surface area contributed by atoms with Crippen molar-refractivity contribution in [3.8, 4) is 0 Å². The van der Waals surface area contributed by atoms with E-state index >= 15 is 0 Å². The molecule has 0 N–H and O–H groups in total. The van der Waals surface area contributed by atoms with E-state index in [1.54, 1.807) is 0 Å². The average molecular weight is 379 g/mol. The molecular formula is C21H38F3P. The van der Waals surface area contributed by atoms with Crippen LogP contribution in [0.3, 0.4) is 0 Å². The SMILES string of the molecule is CC.CC1CCC(C2CCC(C3CC(F)C(F)C(P)C3)C(F)C2)CC1. The molecule has 4 heteroatoms. The summed E-state index contributed by atoms with van der Waals surface area (Å²) in [7, 11) is 2.44. The molecule has 3 rings (SSSR count). The monoisotopic (exact) mass is 378 g/mol. The molecule has 0 aromatic carbocycles. The Kier molecular flexibility index (Phi) is 8.57. The van der Waals surface area contributed by atoms with Crippen LogP contribution in [0.2, 0.25) is 0 Å². The van der Waals surface area contributed by atoms with Crippen LogP contribution in [0.25, 0.3) is 0 Å². The normalized spacial score (nSPS) is 48.4. The Morgan fingerprint density at radius 3 is 1.80 bits per heavy atom. The van der Waals surface area contributed by atoms with Gasteiger partial charge in [0.1, 0.15) is 18.5 Å². The minimum absolute atomic E-state index is 0.0295. The van der Waals surface area contributed by atoms with Crippen molar-refractivity contribution >= 4 is 9.24 Å². The number of alkyl halides is 3. The minimum Gasteiger partial charge on any atom is -0.247 e. The summed E-state index contributed by atoms with van der Waals surface area (Å²) in [6.07, 6.45) is 5.01. The number of halogens is 3. The van der Waals surface area contributed by atoms with Gasteiger partial charge in [0.05, 0.1) is 0 Å². The van der Waals surface area contributed by atoms with Gasteiger partial charge < -0.3 is 0 Å². The van der Waals surface area contributed by atoms with Crippen LogP contribution in [-0.2, 0) is 0 Å². The third kappa shape index (κ3) is 5.36. The maximum Gasteiger partial charge on any atom is 0.137 e. The molecule has 8 unspecified atom stereocenters. The van der Waals surface area contributed by atoms with Gasteiger partial charge in [0.2, 0.25) is 0 Å². The summed E-state index contributed by atoms with van der Waals surface area (Å²) in [5.41, 5.74) is -0.339. The van der Waals surface area contributed by atoms with Crippen LogP contribution in [0.1, 0.15) is 78.6 Å². The fraction of sp³-hybridized carbons (Fsp3) is 1.00. The van der Waals surface area contributed by atoms with Crippen LogP contribution < -0.4 is 0 Å². The van der Waals surface area contributed by atoms with Crippen molar-refractivity contribution in [1.29, 1.82) is 0 Å². The molecule has 3 aliphatic rings. The molecule has 0 heterocycles. The molecule has 25 heavy (non-hydrogen) atoms. The third-order valence-corrected chi connectivity index (χ3v) is 7.69. The summed E-state index contributed by atoms with van der Waals surface area (Å²) in [5.74, 6) is 2.05. The summed E-state index contributed by atoms with van der Waals surface area (Å²) in [6, 6.07) is 0. The molecule has 148 valence electrons. The molecule has 0 amide bonds. The van der Waals surface area contributed by atoms with Crippen LogP contribution in [0.5, 0.6) is 0 Å². The lowest BCUT2D eigenvalue weighted by molar-refractivity contribution is 0.00919. The lowest BCUT2D eigenvalue weighted by Gasteiger charge is -2.43. The zero-order valence-electron chi connectivity index (χ0n) is 16.3. The zero-order valence-corrected chi connectivity index (χ0v) is 17.4. The van der Waals surface area contributed by atoms with E-state index in [0.29, 0.717) is 24.7 Å². The molecule has 8 atom stereocenters. The van der Waals surface area contributed by atoms with Crippen molar-refractivity contribution < 1.29 is 13.2 Å². The molecule has 0 spiro atoms. The van der Waals surface area contributed by atoms with Crippen molar-refractivity contribution in [2.75, 3.05) is 0 Å². The predicted molar refractivity (Wildman–Crippen MR) is 104 cm³/mol. The highest BCUT2D eigenvalue weighted by Crippen LogP contribution is 2.47. The van der Waals surface area contributed by atoms with E-state index in [4.69, 9.17) is 0 Å². The van der Waals surface area contributed by atoms with E-state index in [1.807, 2.05) is 13.8 Å². The maximum atomic E-state index is 14.8. The van der Waals surface area contributed by atoms with Gasteiger partial charge in [-0.25, -0.2) is 13.2 Å². The molecule has 0 aliphatic heterocycles. The Hall–Kier alpha value is 0.220. The Morgan fingerprint density at radius 1 is 0.680 bits per heavy atom. The Morgan fingerprint density at radius 2 is 1.24 bits per heavy atom. The molecule has 3 aliphatic carbocycles. The summed E-state index contributed by atoms with van der Waals surface area (Å²) < 4.78 is 42.4. The largest absolute Gasteiger partial charge is 0.247 e. The first-order valence-corrected chi connectivity index (χ1v) is 11.3. The van der Waals surface area contributed by atoms with Gasteiger partial charge in [0.15, 0.2) is 0 Å². The summed E-state index contributed by atoms with van der Waals surface area (Å²) >= 11 is 0. The molecule has 0 aromatic heterocycles. The highest BCUT2D eigenvalue weighted by molar-refractivity contribution is 7.17. The summed E-state index contributed by atoms with van der Waals surface area (Å²) in [5, 5.41) is 0. The molecular weight excluding hydrogens is 340 g/mol. The van der Waals surface area contributed by atoms with E-state index in [9.17, 15) is 13.2 Å². The smallest absolute Gasteiger partial charge is 0.137 e. The molecule has 0 aromatic rings. The van der Waals surface area contributed by atoms with E-state index < -0.39 is 18.5 Å². The molecule has 3 saturated carbocycles. The second-order valence-corrected chi connectivity index (χ2v) is 9.48. The number of hydrogen-bond acceptors (Lipinski definition) is 0. The van der Waals surface area contributed by atoms with E-state index in [-0.39, 0.29) is 23.9 Å². The van der Waals surface area contributed by atoms with Gasteiger partial charge in [-0.3, -0.25) is 0 Å². The topological polar surface area (TPSA) is 0 Å². The minimum atomic E-state index is -1.40. The van der Waals surface area contributed by atoms with Crippen molar-refractivity contribution in [1.82, 2.24) is 0 Å². The van der Waals surface area contributed by atoms with Gasteiger partial charge in [-0.05, 0) is 74.5 Å². The highest BCUT2D eigenvalue weighted by Gasteiger charge is 2.44. The van der Waals surface area contributed by atoms with Gasteiger partial charge in [-0.15, -0.1) is 9.24 Å². The van der Waals surface area contributed by atoms with Crippen LogP contribution >= 0.6 is 9.24 Å². The molecule has 0 saturated heterocycles. The standard InChI is InChI=1S/C19H32F3P.C2H6/c1-11-2-4-12(5-3-11)13-6-7-15(16(20)8-13)14-9-17(21)19(22)18(23)10-14;1-2/h11-19H,2-10,23H2,1H3;1-2H3. The third-order valence-electron chi connectivity index (χ3n) is 7.05. The average Bonchev–Trinajstić information content (AvgIpc) is 2.61. The molecule has 0 radical (unpaired) electrons. The molecule has 3 fully saturated rings. The zero-order chi connectivity index (χ0) is 18.6. The predicted octanol–water partition coefficient (Wildman–Crippen LogP) is 6.92.